The van der Waals surface area contributed by atoms with Crippen LogP contribution < -0.4 is 10.2 Å². The van der Waals surface area contributed by atoms with Crippen molar-refractivity contribution in [2.45, 2.75) is 31.8 Å². The Kier molecular flexibility index (Phi) is 4.93. The van der Waals surface area contributed by atoms with Gasteiger partial charge in [-0.05, 0) is 37.0 Å². The Morgan fingerprint density at radius 2 is 1.62 bits per heavy atom. The van der Waals surface area contributed by atoms with Crippen LogP contribution in [-0.2, 0) is 4.79 Å². The third kappa shape index (κ3) is 3.75. The van der Waals surface area contributed by atoms with E-state index in [1.807, 2.05) is 18.2 Å². The molecule has 4 heteroatoms. The van der Waals surface area contributed by atoms with Crippen molar-refractivity contribution in [3.05, 3.63) is 65.7 Å². The Bertz CT molecular complexity index is 749. The van der Waals surface area contributed by atoms with Crippen molar-refractivity contribution in [2.75, 3.05) is 31.1 Å². The first-order valence-electron chi connectivity index (χ1n) is 9.62. The summed E-state index contributed by atoms with van der Waals surface area (Å²) in [6, 6.07) is 19.0. The number of carbonyl (C=O) groups is 1. The summed E-state index contributed by atoms with van der Waals surface area (Å²) in [5.41, 5.74) is 3.72. The lowest BCUT2D eigenvalue weighted by Gasteiger charge is -2.40. The molecule has 0 spiro atoms. The fourth-order valence-electron chi connectivity index (χ4n) is 3.81. The lowest BCUT2D eigenvalue weighted by atomic mass is 10.0. The summed E-state index contributed by atoms with van der Waals surface area (Å²) in [5, 5.41) is 3.21. The minimum atomic E-state index is -0.184. The third-order valence-electron chi connectivity index (χ3n) is 5.42. The van der Waals surface area contributed by atoms with Crippen LogP contribution in [0.3, 0.4) is 0 Å². The van der Waals surface area contributed by atoms with Crippen molar-refractivity contribution in [1.82, 2.24) is 10.2 Å². The topological polar surface area (TPSA) is 35.6 Å². The predicted octanol–water partition coefficient (Wildman–Crippen LogP) is 3.14. The summed E-state index contributed by atoms with van der Waals surface area (Å²) in [6.45, 7) is 5.85. The van der Waals surface area contributed by atoms with Gasteiger partial charge >= 0.3 is 0 Å². The van der Waals surface area contributed by atoms with Crippen molar-refractivity contribution in [3.63, 3.8) is 0 Å². The highest BCUT2D eigenvalue weighted by atomic mass is 16.2. The Hall–Kier alpha value is -2.33. The number of benzene rings is 2. The van der Waals surface area contributed by atoms with Crippen LogP contribution in [0.15, 0.2) is 54.6 Å². The Morgan fingerprint density at radius 1 is 0.962 bits per heavy atom. The van der Waals surface area contributed by atoms with E-state index >= 15 is 0 Å². The van der Waals surface area contributed by atoms with Crippen LogP contribution in [0, 0.1) is 6.92 Å². The van der Waals surface area contributed by atoms with E-state index < -0.39 is 0 Å². The molecular formula is C22H27N3O. The standard InChI is InChI=1S/C22H27N3O/c1-17-7-5-6-10-20(17)24-13-15-25(16-14-24)21(18-8-3-2-4-9-18)22(26)23-19-11-12-19/h2-10,19,21H,11-16H2,1H3,(H,23,26)/t21-/m0/s1. The zero-order valence-corrected chi connectivity index (χ0v) is 15.4. The van der Waals surface area contributed by atoms with Crippen LogP contribution in [0.4, 0.5) is 5.69 Å². The normalized spacial score (nSPS) is 19.2. The smallest absolute Gasteiger partial charge is 0.242 e. The van der Waals surface area contributed by atoms with Crippen LogP contribution in [0.5, 0.6) is 0 Å². The van der Waals surface area contributed by atoms with Crippen molar-refractivity contribution in [1.29, 1.82) is 0 Å². The number of nitrogens with zero attached hydrogens (tertiary/aromatic N) is 2. The molecule has 2 aliphatic rings. The third-order valence-corrected chi connectivity index (χ3v) is 5.42. The van der Waals surface area contributed by atoms with Gasteiger partial charge in [-0.15, -0.1) is 0 Å². The number of rotatable bonds is 5. The molecule has 2 fully saturated rings. The van der Waals surface area contributed by atoms with Crippen LogP contribution >= 0.6 is 0 Å². The second-order valence-electron chi connectivity index (χ2n) is 7.41. The first-order valence-corrected chi connectivity index (χ1v) is 9.62. The molecule has 1 atom stereocenters. The van der Waals surface area contributed by atoms with Crippen molar-refractivity contribution < 1.29 is 4.79 Å². The van der Waals surface area contributed by atoms with Gasteiger partial charge in [0, 0.05) is 37.9 Å². The Balaban J connectivity index is 1.49. The summed E-state index contributed by atoms with van der Waals surface area (Å²) < 4.78 is 0. The molecule has 1 saturated heterocycles. The summed E-state index contributed by atoms with van der Waals surface area (Å²) in [4.78, 5) is 17.7. The largest absolute Gasteiger partial charge is 0.369 e. The highest BCUT2D eigenvalue weighted by Gasteiger charge is 2.33. The van der Waals surface area contributed by atoms with Gasteiger partial charge in [0.2, 0.25) is 5.91 Å². The van der Waals surface area contributed by atoms with E-state index in [4.69, 9.17) is 0 Å². The minimum absolute atomic E-state index is 0.156. The average Bonchev–Trinajstić information content (AvgIpc) is 3.48. The van der Waals surface area contributed by atoms with Gasteiger partial charge in [-0.25, -0.2) is 0 Å². The van der Waals surface area contributed by atoms with Crippen LogP contribution in [0.2, 0.25) is 0 Å². The van der Waals surface area contributed by atoms with Gasteiger partial charge in [-0.2, -0.15) is 0 Å². The molecule has 136 valence electrons. The van der Waals surface area contributed by atoms with Gasteiger partial charge in [-0.3, -0.25) is 9.69 Å². The quantitative estimate of drug-likeness (QED) is 0.901. The molecule has 4 rings (SSSR count). The summed E-state index contributed by atoms with van der Waals surface area (Å²) >= 11 is 0. The lowest BCUT2D eigenvalue weighted by molar-refractivity contribution is -0.127. The van der Waals surface area contributed by atoms with Crippen molar-refractivity contribution in [3.8, 4) is 0 Å². The molecule has 2 aromatic rings. The van der Waals surface area contributed by atoms with Crippen LogP contribution in [0.1, 0.15) is 30.0 Å². The maximum Gasteiger partial charge on any atom is 0.242 e. The molecule has 1 aliphatic heterocycles. The molecule has 0 unspecified atom stereocenters. The van der Waals surface area contributed by atoms with E-state index in [0.717, 1.165) is 44.6 Å². The molecule has 1 amide bonds. The fraction of sp³-hybridized carbons (Fsp3) is 0.409. The highest BCUT2D eigenvalue weighted by molar-refractivity contribution is 5.83. The summed E-state index contributed by atoms with van der Waals surface area (Å²) in [5.74, 6) is 0.156. The summed E-state index contributed by atoms with van der Waals surface area (Å²) in [7, 11) is 0. The van der Waals surface area contributed by atoms with Gasteiger partial charge in [0.1, 0.15) is 6.04 Å². The van der Waals surface area contributed by atoms with Gasteiger partial charge in [0.05, 0.1) is 0 Å². The second-order valence-corrected chi connectivity index (χ2v) is 7.41. The predicted molar refractivity (Wildman–Crippen MR) is 105 cm³/mol. The second kappa shape index (κ2) is 7.50. The van der Waals surface area contributed by atoms with E-state index in [2.05, 4.69) is 58.4 Å². The van der Waals surface area contributed by atoms with E-state index in [0.29, 0.717) is 6.04 Å². The zero-order chi connectivity index (χ0) is 17.9. The Labute approximate surface area is 155 Å². The number of carbonyl (C=O) groups excluding carboxylic acids is 1. The SMILES string of the molecule is Cc1ccccc1N1CCN([C@H](C(=O)NC2CC2)c2ccccc2)CC1. The number of anilines is 1. The maximum absolute atomic E-state index is 12.9. The number of para-hydroxylation sites is 1. The summed E-state index contributed by atoms with van der Waals surface area (Å²) in [6.07, 6.45) is 2.24. The minimum Gasteiger partial charge on any atom is -0.369 e. The molecule has 0 aromatic heterocycles. The number of hydrogen-bond donors (Lipinski definition) is 1. The number of aryl methyl sites for hydroxylation is 1. The van der Waals surface area contributed by atoms with Crippen molar-refractivity contribution in [2.24, 2.45) is 0 Å². The molecular weight excluding hydrogens is 322 g/mol. The molecule has 1 aliphatic carbocycles. The molecule has 1 heterocycles. The first kappa shape index (κ1) is 17.1. The van der Waals surface area contributed by atoms with Crippen LogP contribution in [-0.4, -0.2) is 43.0 Å². The van der Waals surface area contributed by atoms with Gasteiger partial charge < -0.3 is 10.2 Å². The zero-order valence-electron chi connectivity index (χ0n) is 15.4. The van der Waals surface area contributed by atoms with Gasteiger partial charge in [0.25, 0.3) is 0 Å². The van der Waals surface area contributed by atoms with Gasteiger partial charge in [0.15, 0.2) is 0 Å². The maximum atomic E-state index is 12.9. The van der Waals surface area contributed by atoms with Crippen LogP contribution in [0.25, 0.3) is 0 Å². The van der Waals surface area contributed by atoms with E-state index in [1.165, 1.54) is 11.3 Å². The van der Waals surface area contributed by atoms with E-state index in [1.54, 1.807) is 0 Å². The lowest BCUT2D eigenvalue weighted by Crippen LogP contribution is -2.51. The molecule has 4 nitrogen and oxygen atoms in total. The molecule has 26 heavy (non-hydrogen) atoms. The molecule has 0 radical (unpaired) electrons. The Morgan fingerprint density at radius 3 is 2.27 bits per heavy atom. The molecule has 1 saturated carbocycles. The van der Waals surface area contributed by atoms with Gasteiger partial charge in [-0.1, -0.05) is 48.5 Å². The van der Waals surface area contributed by atoms with E-state index in [-0.39, 0.29) is 11.9 Å². The number of hydrogen-bond acceptors (Lipinski definition) is 3. The van der Waals surface area contributed by atoms with E-state index in [9.17, 15) is 4.79 Å². The number of nitrogens with one attached hydrogen (secondary N) is 1. The molecule has 2 aromatic carbocycles. The number of piperazine rings is 1. The monoisotopic (exact) mass is 349 g/mol. The first-order chi connectivity index (χ1) is 12.7. The average molecular weight is 349 g/mol. The fourth-order valence-corrected chi connectivity index (χ4v) is 3.81. The number of amides is 1. The van der Waals surface area contributed by atoms with Crippen molar-refractivity contribution >= 4 is 11.6 Å². The molecule has 1 N–H and O–H groups in total. The highest BCUT2D eigenvalue weighted by Crippen LogP contribution is 2.27. The molecule has 0 bridgehead atoms.